The highest BCUT2D eigenvalue weighted by molar-refractivity contribution is 6.32. The van der Waals surface area contributed by atoms with E-state index in [4.69, 9.17) is 11.6 Å². The standard InChI is InChI=1S/C22H29ClO3/c1-12-9-17-15-11-19(23)18-10-14(25)5-7-20(18,3)16(15)6-8-21(17,4)22(12,26)13(2)24/h10-12,15-17,26H,5-9H2,1-4H3/t12-,15-,16+,17+,20-,21+,22+/m1/s1. The number of fused-ring (bicyclic) bond motifs is 5. The molecule has 0 heterocycles. The van der Waals surface area contributed by atoms with Crippen LogP contribution >= 0.6 is 11.6 Å². The van der Waals surface area contributed by atoms with Gasteiger partial charge in [-0.2, -0.15) is 0 Å². The fourth-order valence-electron chi connectivity index (χ4n) is 7.17. The van der Waals surface area contributed by atoms with Crippen molar-refractivity contribution in [3.05, 3.63) is 22.8 Å². The van der Waals surface area contributed by atoms with Gasteiger partial charge in [0.05, 0.1) is 0 Å². The first-order chi connectivity index (χ1) is 12.1. The van der Waals surface area contributed by atoms with Crippen LogP contribution in [0, 0.1) is 34.5 Å². The summed E-state index contributed by atoms with van der Waals surface area (Å²) in [5.74, 6) is 0.947. The van der Waals surface area contributed by atoms with Gasteiger partial charge in [0.2, 0.25) is 0 Å². The van der Waals surface area contributed by atoms with Crippen molar-refractivity contribution in [3.63, 3.8) is 0 Å². The first-order valence-corrected chi connectivity index (χ1v) is 10.3. The molecule has 0 aromatic heterocycles. The fourth-order valence-corrected chi connectivity index (χ4v) is 7.59. The second-order valence-corrected chi connectivity index (χ2v) is 10.1. The Kier molecular flexibility index (Phi) is 3.93. The number of Topliss-reactive ketones (excluding diaryl/α,β-unsaturated/α-hetero) is 1. The summed E-state index contributed by atoms with van der Waals surface area (Å²) in [5, 5.41) is 12.1. The summed E-state index contributed by atoms with van der Waals surface area (Å²) in [7, 11) is 0. The normalized spacial score (nSPS) is 50.3. The summed E-state index contributed by atoms with van der Waals surface area (Å²) in [6.45, 7) is 7.92. The van der Waals surface area contributed by atoms with Gasteiger partial charge in [0.15, 0.2) is 11.6 Å². The van der Waals surface area contributed by atoms with E-state index in [0.29, 0.717) is 17.4 Å². The molecule has 142 valence electrons. The molecule has 7 atom stereocenters. The van der Waals surface area contributed by atoms with Crippen molar-refractivity contribution in [2.24, 2.45) is 34.5 Å². The molecule has 4 rings (SSSR count). The monoisotopic (exact) mass is 376 g/mol. The van der Waals surface area contributed by atoms with Crippen LogP contribution in [0.2, 0.25) is 0 Å². The smallest absolute Gasteiger partial charge is 0.162 e. The minimum absolute atomic E-state index is 0.0430. The molecule has 0 bridgehead atoms. The third kappa shape index (κ3) is 2.05. The zero-order valence-corrected chi connectivity index (χ0v) is 16.9. The number of ketones is 2. The van der Waals surface area contributed by atoms with Crippen LogP contribution in [0.1, 0.15) is 59.8 Å². The number of halogens is 1. The van der Waals surface area contributed by atoms with Gasteiger partial charge in [-0.15, -0.1) is 0 Å². The van der Waals surface area contributed by atoms with E-state index in [9.17, 15) is 14.7 Å². The van der Waals surface area contributed by atoms with Gasteiger partial charge in [-0.25, -0.2) is 0 Å². The Labute approximate surface area is 160 Å². The minimum Gasteiger partial charge on any atom is -0.381 e. The van der Waals surface area contributed by atoms with Gasteiger partial charge in [0.25, 0.3) is 0 Å². The lowest BCUT2D eigenvalue weighted by molar-refractivity contribution is -0.162. The van der Waals surface area contributed by atoms with Crippen LogP contribution in [-0.2, 0) is 9.59 Å². The topological polar surface area (TPSA) is 54.4 Å². The van der Waals surface area contributed by atoms with Gasteiger partial charge in [0, 0.05) is 16.9 Å². The predicted molar refractivity (Wildman–Crippen MR) is 102 cm³/mol. The van der Waals surface area contributed by atoms with E-state index in [0.717, 1.165) is 31.3 Å². The molecule has 26 heavy (non-hydrogen) atoms. The largest absolute Gasteiger partial charge is 0.381 e. The van der Waals surface area contributed by atoms with Gasteiger partial charge >= 0.3 is 0 Å². The number of carbonyl (C=O) groups is 2. The third-order valence-electron chi connectivity index (χ3n) is 8.68. The molecule has 0 saturated heterocycles. The average Bonchev–Trinajstić information content (AvgIpc) is 2.78. The summed E-state index contributed by atoms with van der Waals surface area (Å²) in [6, 6.07) is 0. The van der Waals surface area contributed by atoms with E-state index in [2.05, 4.69) is 19.9 Å². The van der Waals surface area contributed by atoms with Crippen LogP contribution in [0.3, 0.4) is 0 Å². The van der Waals surface area contributed by atoms with Crippen LogP contribution in [0.25, 0.3) is 0 Å². The van der Waals surface area contributed by atoms with E-state index in [1.807, 2.05) is 6.92 Å². The molecule has 4 aliphatic rings. The van der Waals surface area contributed by atoms with Gasteiger partial charge < -0.3 is 5.11 Å². The maximum absolute atomic E-state index is 12.5. The second-order valence-electron chi connectivity index (χ2n) is 9.66. The lowest BCUT2D eigenvalue weighted by Gasteiger charge is -2.57. The molecular formula is C22H29ClO3. The molecule has 0 amide bonds. The highest BCUT2D eigenvalue weighted by atomic mass is 35.5. The highest BCUT2D eigenvalue weighted by Gasteiger charge is 2.67. The Morgan fingerprint density at radius 1 is 1.27 bits per heavy atom. The zero-order chi connectivity index (χ0) is 19.1. The van der Waals surface area contributed by atoms with Crippen molar-refractivity contribution in [1.82, 2.24) is 0 Å². The summed E-state index contributed by atoms with van der Waals surface area (Å²) in [5.41, 5.74) is -0.725. The molecule has 2 saturated carbocycles. The SMILES string of the molecule is CC(=O)[C@@]1(O)[C@H](C)C[C@H]2[C@@H]3C=C(Cl)C4=CC(=O)CC[C@]4(C)[C@H]3CC[C@@]21C. The number of rotatable bonds is 1. The molecular weight excluding hydrogens is 348 g/mol. The Hall–Kier alpha value is -0.930. The molecule has 4 heteroatoms. The summed E-state index contributed by atoms with van der Waals surface area (Å²) < 4.78 is 0. The Balaban J connectivity index is 1.82. The maximum atomic E-state index is 12.5. The second kappa shape index (κ2) is 5.54. The van der Waals surface area contributed by atoms with E-state index >= 15 is 0 Å². The molecule has 0 aromatic rings. The molecule has 3 nitrogen and oxygen atoms in total. The van der Waals surface area contributed by atoms with Crippen molar-refractivity contribution in [2.45, 2.75) is 65.4 Å². The number of carbonyl (C=O) groups excluding carboxylic acids is 2. The van der Waals surface area contributed by atoms with Crippen molar-refractivity contribution in [3.8, 4) is 0 Å². The Bertz CT molecular complexity index is 752. The molecule has 1 N–H and O–H groups in total. The summed E-state index contributed by atoms with van der Waals surface area (Å²) >= 11 is 6.68. The molecule has 4 aliphatic carbocycles. The van der Waals surface area contributed by atoms with E-state index < -0.39 is 11.0 Å². The quantitative estimate of drug-likeness (QED) is 0.736. The van der Waals surface area contributed by atoms with Crippen molar-refractivity contribution in [1.29, 1.82) is 0 Å². The third-order valence-corrected chi connectivity index (χ3v) is 9.01. The Morgan fingerprint density at radius 2 is 1.96 bits per heavy atom. The lowest BCUT2D eigenvalue weighted by Crippen LogP contribution is -2.58. The minimum atomic E-state index is -1.25. The highest BCUT2D eigenvalue weighted by Crippen LogP contribution is 2.68. The molecule has 0 radical (unpaired) electrons. The van der Waals surface area contributed by atoms with Gasteiger partial charge in [-0.3, -0.25) is 9.59 Å². The fraction of sp³-hybridized carbons (Fsp3) is 0.727. The van der Waals surface area contributed by atoms with Gasteiger partial charge in [0.1, 0.15) is 5.60 Å². The molecule has 2 fully saturated rings. The van der Waals surface area contributed by atoms with Crippen LogP contribution in [-0.4, -0.2) is 22.3 Å². The van der Waals surface area contributed by atoms with E-state index in [1.165, 1.54) is 6.92 Å². The zero-order valence-electron chi connectivity index (χ0n) is 16.1. The summed E-state index contributed by atoms with van der Waals surface area (Å²) in [4.78, 5) is 24.4. The molecule has 0 aromatic carbocycles. The van der Waals surface area contributed by atoms with Crippen molar-refractivity contribution >= 4 is 23.2 Å². The van der Waals surface area contributed by atoms with Crippen LogP contribution in [0.4, 0.5) is 0 Å². The first-order valence-electron chi connectivity index (χ1n) is 9.92. The van der Waals surface area contributed by atoms with Gasteiger partial charge in [-0.1, -0.05) is 38.4 Å². The first kappa shape index (κ1) is 18.4. The number of aliphatic hydroxyl groups is 1. The van der Waals surface area contributed by atoms with Crippen molar-refractivity contribution < 1.29 is 14.7 Å². The van der Waals surface area contributed by atoms with Crippen LogP contribution in [0.5, 0.6) is 0 Å². The van der Waals surface area contributed by atoms with Crippen LogP contribution < -0.4 is 0 Å². The lowest BCUT2D eigenvalue weighted by atomic mass is 9.48. The number of allylic oxidation sites excluding steroid dienone is 4. The molecule has 0 aliphatic heterocycles. The summed E-state index contributed by atoms with van der Waals surface area (Å²) in [6.07, 6.45) is 7.99. The molecule has 0 spiro atoms. The predicted octanol–water partition coefficient (Wildman–Crippen LogP) is 4.43. The Morgan fingerprint density at radius 3 is 2.62 bits per heavy atom. The van der Waals surface area contributed by atoms with Crippen molar-refractivity contribution in [2.75, 3.05) is 0 Å². The maximum Gasteiger partial charge on any atom is 0.162 e. The van der Waals surface area contributed by atoms with Gasteiger partial charge in [-0.05, 0) is 73.3 Å². The van der Waals surface area contributed by atoms with E-state index in [-0.39, 0.29) is 34.7 Å². The molecule has 0 unspecified atom stereocenters. The van der Waals surface area contributed by atoms with E-state index in [1.54, 1.807) is 6.08 Å². The van der Waals surface area contributed by atoms with Crippen LogP contribution in [0.15, 0.2) is 22.8 Å². The number of hydrogen-bond donors (Lipinski definition) is 1. The average molecular weight is 377 g/mol. The number of hydrogen-bond acceptors (Lipinski definition) is 3.